The molecule has 0 N–H and O–H groups in total. The van der Waals surface area contributed by atoms with Crippen molar-refractivity contribution in [1.29, 1.82) is 0 Å². The van der Waals surface area contributed by atoms with E-state index in [0.29, 0.717) is 27.3 Å². The molecule has 4 nitrogen and oxygen atoms in total. The lowest BCUT2D eigenvalue weighted by molar-refractivity contribution is -0.123. The number of hydrogen-bond acceptors (Lipinski definition) is 4. The van der Waals surface area contributed by atoms with E-state index < -0.39 is 0 Å². The monoisotopic (exact) mass is 625 g/mol. The molecule has 0 atom stereocenters. The van der Waals surface area contributed by atoms with E-state index in [4.69, 9.17) is 27.9 Å². The van der Waals surface area contributed by atoms with E-state index in [2.05, 4.69) is 31.9 Å². The summed E-state index contributed by atoms with van der Waals surface area (Å²) in [6.45, 7) is 0.545. The van der Waals surface area contributed by atoms with Crippen molar-refractivity contribution in [3.05, 3.63) is 101 Å². The van der Waals surface area contributed by atoms with Gasteiger partial charge in [0.05, 0.1) is 20.4 Å². The Morgan fingerprint density at radius 3 is 2.27 bits per heavy atom. The number of thioether (sulfide) groups is 1. The quantitative estimate of drug-likeness (QED) is 0.258. The average molecular weight is 628 g/mol. The normalized spacial score (nSPS) is 14.9. The Morgan fingerprint density at radius 2 is 1.61 bits per heavy atom. The molecule has 0 unspecified atom stereocenters. The fourth-order valence-corrected chi connectivity index (χ4v) is 5.77. The Labute approximate surface area is 222 Å². The lowest BCUT2D eigenvalue weighted by Crippen LogP contribution is -2.27. The zero-order valence-corrected chi connectivity index (χ0v) is 22.4. The summed E-state index contributed by atoms with van der Waals surface area (Å²) in [5, 5.41) is 0.915. The minimum absolute atomic E-state index is 0.174. The van der Waals surface area contributed by atoms with E-state index in [1.807, 2.05) is 42.5 Å². The van der Waals surface area contributed by atoms with Gasteiger partial charge in [0, 0.05) is 10.0 Å². The van der Waals surface area contributed by atoms with Crippen LogP contribution in [0.1, 0.15) is 16.7 Å². The molecule has 168 valence electrons. The standard InChI is InChI=1S/C24H15Br2Cl2NO3S/c25-19-9-16(10-20(26)22(19)32-13-14-4-6-17(27)7-5-14)11-21-23(30)29(24(31)33-21)12-15-2-1-3-18(28)8-15/h1-11H,12-13H2/b21-11-. The molecular weight excluding hydrogens is 613 g/mol. The van der Waals surface area contributed by atoms with Gasteiger partial charge in [0.25, 0.3) is 11.1 Å². The van der Waals surface area contributed by atoms with E-state index in [0.717, 1.165) is 37.4 Å². The van der Waals surface area contributed by atoms with Crippen molar-refractivity contribution in [2.24, 2.45) is 0 Å². The van der Waals surface area contributed by atoms with Crippen LogP contribution in [-0.4, -0.2) is 16.0 Å². The molecule has 1 fully saturated rings. The van der Waals surface area contributed by atoms with Crippen LogP contribution in [0, 0.1) is 0 Å². The Kier molecular flexibility index (Phi) is 7.87. The molecule has 9 heteroatoms. The number of benzene rings is 3. The number of ether oxygens (including phenoxy) is 1. The number of carbonyl (C=O) groups excluding carboxylic acids is 2. The van der Waals surface area contributed by atoms with Crippen LogP contribution in [0.5, 0.6) is 5.75 Å². The molecule has 3 aromatic carbocycles. The van der Waals surface area contributed by atoms with E-state index >= 15 is 0 Å². The van der Waals surface area contributed by atoms with Crippen LogP contribution in [0.4, 0.5) is 4.79 Å². The van der Waals surface area contributed by atoms with Gasteiger partial charge in [0.1, 0.15) is 12.4 Å². The fourth-order valence-electron chi connectivity index (χ4n) is 3.14. The summed E-state index contributed by atoms with van der Waals surface area (Å²) >= 11 is 19.9. The van der Waals surface area contributed by atoms with Crippen molar-refractivity contribution in [2.75, 3.05) is 0 Å². The third-order valence-electron chi connectivity index (χ3n) is 4.72. The summed E-state index contributed by atoms with van der Waals surface area (Å²) < 4.78 is 7.38. The fraction of sp³-hybridized carbons (Fsp3) is 0.0833. The number of amides is 2. The van der Waals surface area contributed by atoms with Crippen molar-refractivity contribution in [3.8, 4) is 5.75 Å². The Bertz CT molecular complexity index is 1240. The molecule has 0 saturated carbocycles. The molecular formula is C24H15Br2Cl2NO3S. The van der Waals surface area contributed by atoms with Crippen LogP contribution >= 0.6 is 66.8 Å². The lowest BCUT2D eigenvalue weighted by atomic mass is 10.2. The van der Waals surface area contributed by atoms with Gasteiger partial charge in [-0.15, -0.1) is 0 Å². The molecule has 1 heterocycles. The average Bonchev–Trinajstić information content (AvgIpc) is 3.02. The lowest BCUT2D eigenvalue weighted by Gasteiger charge is -2.13. The highest BCUT2D eigenvalue weighted by molar-refractivity contribution is 9.11. The molecule has 3 aromatic rings. The minimum atomic E-state index is -0.333. The molecule has 0 aromatic heterocycles. The third-order valence-corrected chi connectivity index (χ3v) is 7.29. The maximum Gasteiger partial charge on any atom is 0.293 e. The largest absolute Gasteiger partial charge is 0.487 e. The first-order chi connectivity index (χ1) is 15.8. The van der Waals surface area contributed by atoms with E-state index in [9.17, 15) is 9.59 Å². The van der Waals surface area contributed by atoms with Crippen LogP contribution in [0.3, 0.4) is 0 Å². The molecule has 0 radical (unpaired) electrons. The molecule has 0 aliphatic carbocycles. The van der Waals surface area contributed by atoms with Crippen LogP contribution in [0.25, 0.3) is 6.08 Å². The van der Waals surface area contributed by atoms with Gasteiger partial charge in [0.2, 0.25) is 0 Å². The maximum absolute atomic E-state index is 12.9. The van der Waals surface area contributed by atoms with E-state index in [1.165, 1.54) is 4.90 Å². The van der Waals surface area contributed by atoms with E-state index in [1.54, 1.807) is 24.3 Å². The Balaban J connectivity index is 1.49. The Morgan fingerprint density at radius 1 is 0.909 bits per heavy atom. The van der Waals surface area contributed by atoms with E-state index in [-0.39, 0.29) is 17.7 Å². The SMILES string of the molecule is O=C1S/C(=C\c2cc(Br)c(OCc3ccc(Cl)cc3)c(Br)c2)C(=O)N1Cc1cccc(Cl)c1. The number of carbonyl (C=O) groups is 2. The second kappa shape index (κ2) is 10.7. The van der Waals surface area contributed by atoms with Gasteiger partial charge in [-0.25, -0.2) is 0 Å². The molecule has 0 spiro atoms. The number of rotatable bonds is 6. The summed E-state index contributed by atoms with van der Waals surface area (Å²) in [7, 11) is 0. The summed E-state index contributed by atoms with van der Waals surface area (Å²) in [5.74, 6) is 0.302. The first-order valence-corrected chi connectivity index (χ1v) is 12.8. The highest BCUT2D eigenvalue weighted by Gasteiger charge is 2.35. The van der Waals surface area contributed by atoms with Gasteiger partial charge in [-0.1, -0.05) is 47.5 Å². The highest BCUT2D eigenvalue weighted by atomic mass is 79.9. The van der Waals surface area contributed by atoms with Crippen LogP contribution in [0.2, 0.25) is 10.0 Å². The van der Waals surface area contributed by atoms with Crippen molar-refractivity contribution in [3.63, 3.8) is 0 Å². The maximum atomic E-state index is 12.9. The van der Waals surface area contributed by atoms with Gasteiger partial charge in [-0.2, -0.15) is 0 Å². The van der Waals surface area contributed by atoms with Gasteiger partial charge >= 0.3 is 0 Å². The zero-order valence-electron chi connectivity index (χ0n) is 16.9. The second-order valence-electron chi connectivity index (χ2n) is 7.13. The first kappa shape index (κ1) is 24.4. The van der Waals surface area contributed by atoms with Crippen LogP contribution < -0.4 is 4.74 Å². The summed E-state index contributed by atoms with van der Waals surface area (Å²) in [4.78, 5) is 26.9. The molecule has 2 amide bonds. The number of halogens is 4. The smallest absolute Gasteiger partial charge is 0.293 e. The van der Waals surface area contributed by atoms with Gasteiger partial charge in [-0.05, 0) is 103 Å². The third kappa shape index (κ3) is 6.03. The highest BCUT2D eigenvalue weighted by Crippen LogP contribution is 2.38. The topological polar surface area (TPSA) is 46.6 Å². The molecule has 1 saturated heterocycles. The summed E-state index contributed by atoms with van der Waals surface area (Å²) in [6, 6.07) is 18.2. The molecule has 4 rings (SSSR count). The van der Waals surface area contributed by atoms with Gasteiger partial charge < -0.3 is 4.74 Å². The van der Waals surface area contributed by atoms with Gasteiger partial charge in [0.15, 0.2) is 0 Å². The predicted molar refractivity (Wildman–Crippen MR) is 141 cm³/mol. The molecule has 1 aliphatic rings. The van der Waals surface area contributed by atoms with Crippen LogP contribution in [0.15, 0.2) is 74.5 Å². The first-order valence-electron chi connectivity index (χ1n) is 9.66. The van der Waals surface area contributed by atoms with Crippen molar-refractivity contribution < 1.29 is 14.3 Å². The Hall–Kier alpha value is -1.77. The molecule has 33 heavy (non-hydrogen) atoms. The predicted octanol–water partition coefficient (Wildman–Crippen LogP) is 8.33. The van der Waals surface area contributed by atoms with Crippen molar-refractivity contribution >= 4 is 84.0 Å². The number of imide groups is 1. The molecule has 1 aliphatic heterocycles. The number of hydrogen-bond donors (Lipinski definition) is 0. The minimum Gasteiger partial charge on any atom is -0.487 e. The summed E-state index contributed by atoms with van der Waals surface area (Å²) in [6.07, 6.45) is 1.70. The zero-order chi connectivity index (χ0) is 23.5. The van der Waals surface area contributed by atoms with Crippen LogP contribution in [-0.2, 0) is 17.9 Å². The van der Waals surface area contributed by atoms with Gasteiger partial charge in [-0.3, -0.25) is 14.5 Å². The van der Waals surface area contributed by atoms with Crippen molar-refractivity contribution in [1.82, 2.24) is 4.90 Å². The summed E-state index contributed by atoms with van der Waals surface area (Å²) in [5.41, 5.74) is 2.52. The number of nitrogens with zero attached hydrogens (tertiary/aromatic N) is 1. The molecule has 0 bridgehead atoms. The second-order valence-corrected chi connectivity index (χ2v) is 10.7. The van der Waals surface area contributed by atoms with Crippen molar-refractivity contribution in [2.45, 2.75) is 13.2 Å².